The molecule has 1 N–H and O–H groups in total. The minimum absolute atomic E-state index is 0.272. The monoisotopic (exact) mass is 427 g/mol. The maximum atomic E-state index is 12.7. The van der Waals surface area contributed by atoms with E-state index >= 15 is 0 Å². The first-order chi connectivity index (χ1) is 14.3. The van der Waals surface area contributed by atoms with Crippen LogP contribution >= 0.6 is 0 Å². The largest absolute Gasteiger partial charge is 0.444 e. The molecule has 2 amide bonds. The van der Waals surface area contributed by atoms with Crippen LogP contribution in [0.5, 0.6) is 0 Å². The highest BCUT2D eigenvalue weighted by Gasteiger charge is 2.50. The predicted octanol–water partition coefficient (Wildman–Crippen LogP) is 4.70. The van der Waals surface area contributed by atoms with Gasteiger partial charge in [0.15, 0.2) is 0 Å². The molecule has 1 atom stereocenters. The quantitative estimate of drug-likeness (QED) is 0.701. The summed E-state index contributed by atoms with van der Waals surface area (Å²) in [5, 5.41) is 12.7. The number of piperidine rings is 1. The lowest BCUT2D eigenvalue weighted by Gasteiger charge is -2.43. The maximum absolute atomic E-state index is 12.7. The van der Waals surface area contributed by atoms with E-state index in [1.807, 2.05) is 59.7 Å². The van der Waals surface area contributed by atoms with E-state index < -0.39 is 17.3 Å². The Hall–Kier alpha value is -2.75. The lowest BCUT2D eigenvalue weighted by Crippen LogP contribution is -2.49. The Morgan fingerprint density at radius 1 is 1.10 bits per heavy atom. The van der Waals surface area contributed by atoms with Gasteiger partial charge in [0.25, 0.3) is 0 Å². The van der Waals surface area contributed by atoms with Gasteiger partial charge in [0.2, 0.25) is 0 Å². The standard InChI is InChI=1S/C24H33N3O4/c1-22(2,3)30-20(28)26-19-17-9-7-8-16(15-25)18(17)14-24(19)10-12-27(13-11-24)21(29)31-23(4,5)6/h7-9,19H,10-14H2,1-6H3,(H,26,28). The maximum Gasteiger partial charge on any atom is 0.410 e. The summed E-state index contributed by atoms with van der Waals surface area (Å²) in [7, 11) is 0. The van der Waals surface area contributed by atoms with Crippen molar-refractivity contribution < 1.29 is 19.1 Å². The summed E-state index contributed by atoms with van der Waals surface area (Å²) in [6, 6.07) is 7.67. The molecule has 1 spiro atoms. The van der Waals surface area contributed by atoms with Gasteiger partial charge >= 0.3 is 12.2 Å². The van der Waals surface area contributed by atoms with Crippen LogP contribution in [0.4, 0.5) is 9.59 Å². The molecule has 1 aromatic rings. The van der Waals surface area contributed by atoms with E-state index in [4.69, 9.17) is 9.47 Å². The molecule has 31 heavy (non-hydrogen) atoms. The van der Waals surface area contributed by atoms with Gasteiger partial charge in [-0.2, -0.15) is 5.26 Å². The molecule has 0 aromatic heterocycles. The van der Waals surface area contributed by atoms with Gasteiger partial charge < -0.3 is 19.7 Å². The SMILES string of the molecule is CC(C)(C)OC(=O)NC1c2cccc(C#N)c2CC12CCN(C(=O)OC(C)(C)C)CC2. The number of hydrogen-bond acceptors (Lipinski definition) is 5. The van der Waals surface area contributed by atoms with E-state index in [-0.39, 0.29) is 17.6 Å². The zero-order valence-electron chi connectivity index (χ0n) is 19.4. The molecule has 168 valence electrons. The van der Waals surface area contributed by atoms with Crippen molar-refractivity contribution in [3.8, 4) is 6.07 Å². The number of nitrogens with one attached hydrogen (secondary N) is 1. The van der Waals surface area contributed by atoms with E-state index in [0.717, 1.165) is 11.1 Å². The second kappa shape index (κ2) is 8.07. The highest BCUT2D eigenvalue weighted by Crippen LogP contribution is 2.52. The molecule has 7 nitrogen and oxygen atoms in total. The Labute approximate surface area is 184 Å². The molecule has 1 heterocycles. The van der Waals surface area contributed by atoms with Crippen LogP contribution in [0.1, 0.15) is 77.1 Å². The molecule has 3 rings (SSSR count). The topological polar surface area (TPSA) is 91.7 Å². The van der Waals surface area contributed by atoms with Gasteiger partial charge in [0, 0.05) is 18.5 Å². The third-order valence-electron chi connectivity index (χ3n) is 5.86. The predicted molar refractivity (Wildman–Crippen MR) is 116 cm³/mol. The smallest absolute Gasteiger partial charge is 0.410 e. The Morgan fingerprint density at radius 2 is 1.71 bits per heavy atom. The second-order valence-corrected chi connectivity index (χ2v) is 10.6. The molecule has 1 aliphatic carbocycles. The molecule has 1 aliphatic heterocycles. The van der Waals surface area contributed by atoms with Crippen LogP contribution in [0.25, 0.3) is 0 Å². The van der Waals surface area contributed by atoms with Crippen LogP contribution in [0.2, 0.25) is 0 Å². The van der Waals surface area contributed by atoms with Crippen molar-refractivity contribution in [1.82, 2.24) is 10.2 Å². The Morgan fingerprint density at radius 3 is 2.26 bits per heavy atom. The zero-order valence-corrected chi connectivity index (χ0v) is 19.4. The molecular weight excluding hydrogens is 394 g/mol. The summed E-state index contributed by atoms with van der Waals surface area (Å²) >= 11 is 0. The van der Waals surface area contributed by atoms with Crippen molar-refractivity contribution >= 4 is 12.2 Å². The Kier molecular flexibility index (Phi) is 5.96. The number of ether oxygens (including phenoxy) is 2. The van der Waals surface area contributed by atoms with Crippen molar-refractivity contribution in [3.63, 3.8) is 0 Å². The third-order valence-corrected chi connectivity index (χ3v) is 5.86. The molecule has 1 saturated heterocycles. The van der Waals surface area contributed by atoms with E-state index in [0.29, 0.717) is 37.9 Å². The number of carbonyl (C=O) groups is 2. The highest BCUT2D eigenvalue weighted by atomic mass is 16.6. The Bertz CT molecular complexity index is 897. The molecule has 0 bridgehead atoms. The first-order valence-corrected chi connectivity index (χ1v) is 10.8. The van der Waals surface area contributed by atoms with Crippen LogP contribution in [0, 0.1) is 16.7 Å². The fourth-order valence-corrected chi connectivity index (χ4v) is 4.54. The summed E-state index contributed by atoms with van der Waals surface area (Å²) in [5.41, 5.74) is 1.17. The van der Waals surface area contributed by atoms with E-state index in [1.165, 1.54) is 0 Å². The number of likely N-dealkylation sites (tertiary alicyclic amines) is 1. The van der Waals surface area contributed by atoms with Gasteiger partial charge in [-0.25, -0.2) is 9.59 Å². The Balaban J connectivity index is 1.84. The summed E-state index contributed by atoms with van der Waals surface area (Å²) in [5.74, 6) is 0. The minimum atomic E-state index is -0.604. The average molecular weight is 428 g/mol. The number of alkyl carbamates (subject to hydrolysis) is 1. The van der Waals surface area contributed by atoms with Crippen LogP contribution < -0.4 is 5.32 Å². The third kappa shape index (κ3) is 5.12. The molecule has 0 radical (unpaired) electrons. The van der Waals surface area contributed by atoms with Gasteiger partial charge in [0.05, 0.1) is 17.7 Å². The van der Waals surface area contributed by atoms with Crippen molar-refractivity contribution in [2.45, 2.75) is 78.0 Å². The summed E-state index contributed by atoms with van der Waals surface area (Å²) in [6.07, 6.45) is 1.31. The van der Waals surface area contributed by atoms with Gasteiger partial charge in [-0.1, -0.05) is 12.1 Å². The zero-order chi connectivity index (χ0) is 23.0. The van der Waals surface area contributed by atoms with Crippen LogP contribution in [0.15, 0.2) is 18.2 Å². The normalized spacial score (nSPS) is 20.0. The molecule has 0 saturated carbocycles. The van der Waals surface area contributed by atoms with Gasteiger partial charge in [-0.05, 0) is 78.0 Å². The lowest BCUT2D eigenvalue weighted by atomic mass is 9.72. The van der Waals surface area contributed by atoms with E-state index in [1.54, 1.807) is 4.90 Å². The molecular formula is C24H33N3O4. The summed E-state index contributed by atoms with van der Waals surface area (Å²) in [4.78, 5) is 26.9. The van der Waals surface area contributed by atoms with Crippen molar-refractivity contribution in [2.24, 2.45) is 5.41 Å². The average Bonchev–Trinajstić information content (AvgIpc) is 2.92. The number of fused-ring (bicyclic) bond motifs is 1. The van der Waals surface area contributed by atoms with Gasteiger partial charge in [-0.3, -0.25) is 0 Å². The van der Waals surface area contributed by atoms with Crippen LogP contribution in [-0.4, -0.2) is 41.4 Å². The number of nitrogens with zero attached hydrogens (tertiary/aromatic N) is 2. The van der Waals surface area contributed by atoms with Crippen molar-refractivity contribution in [3.05, 3.63) is 34.9 Å². The molecule has 7 heteroatoms. The molecule has 1 unspecified atom stereocenters. The van der Waals surface area contributed by atoms with E-state index in [2.05, 4.69) is 11.4 Å². The first-order valence-electron chi connectivity index (χ1n) is 10.8. The first kappa shape index (κ1) is 22.9. The minimum Gasteiger partial charge on any atom is -0.444 e. The number of rotatable bonds is 1. The lowest BCUT2D eigenvalue weighted by molar-refractivity contribution is 0.00332. The molecule has 1 aromatic carbocycles. The number of hydrogen-bond donors (Lipinski definition) is 1. The summed E-state index contributed by atoms with van der Waals surface area (Å²) < 4.78 is 11.0. The van der Waals surface area contributed by atoms with Gasteiger partial charge in [-0.15, -0.1) is 0 Å². The van der Waals surface area contributed by atoms with E-state index in [9.17, 15) is 14.9 Å². The highest BCUT2D eigenvalue weighted by molar-refractivity contribution is 5.70. The molecule has 2 aliphatic rings. The second-order valence-electron chi connectivity index (χ2n) is 10.6. The fraction of sp³-hybridized carbons (Fsp3) is 0.625. The number of carbonyl (C=O) groups excluding carboxylic acids is 2. The van der Waals surface area contributed by atoms with Crippen LogP contribution in [-0.2, 0) is 15.9 Å². The van der Waals surface area contributed by atoms with Crippen molar-refractivity contribution in [1.29, 1.82) is 5.26 Å². The number of nitriles is 1. The van der Waals surface area contributed by atoms with Gasteiger partial charge in [0.1, 0.15) is 11.2 Å². The van der Waals surface area contributed by atoms with Crippen molar-refractivity contribution in [2.75, 3.05) is 13.1 Å². The fourth-order valence-electron chi connectivity index (χ4n) is 4.54. The molecule has 1 fully saturated rings. The summed E-state index contributed by atoms with van der Waals surface area (Å²) in [6.45, 7) is 12.1. The number of benzene rings is 1. The number of amides is 2. The van der Waals surface area contributed by atoms with Crippen LogP contribution in [0.3, 0.4) is 0 Å².